The molecule has 1 unspecified atom stereocenters. The van der Waals surface area contributed by atoms with Gasteiger partial charge in [0.1, 0.15) is 11.6 Å². The van der Waals surface area contributed by atoms with Crippen molar-refractivity contribution in [3.05, 3.63) is 64.2 Å². The zero-order valence-electron chi connectivity index (χ0n) is 15.2. The van der Waals surface area contributed by atoms with Gasteiger partial charge >= 0.3 is 0 Å². The zero-order valence-corrected chi connectivity index (χ0v) is 15.2. The SMILES string of the molecule is O=C(NCCNc1ccc([N+](=O)[O-])cc1)C1CC(=O)N(c2ccc(F)cc2F)C1. The van der Waals surface area contributed by atoms with E-state index in [4.69, 9.17) is 0 Å². The largest absolute Gasteiger partial charge is 0.383 e. The topological polar surface area (TPSA) is 105 Å². The molecule has 1 atom stereocenters. The van der Waals surface area contributed by atoms with Gasteiger partial charge in [0, 0.05) is 49.9 Å². The van der Waals surface area contributed by atoms with Crippen molar-refractivity contribution in [3.8, 4) is 0 Å². The van der Waals surface area contributed by atoms with Gasteiger partial charge < -0.3 is 15.5 Å². The van der Waals surface area contributed by atoms with E-state index < -0.39 is 28.4 Å². The van der Waals surface area contributed by atoms with Gasteiger partial charge in [-0.2, -0.15) is 0 Å². The molecule has 29 heavy (non-hydrogen) atoms. The van der Waals surface area contributed by atoms with E-state index in [0.717, 1.165) is 11.0 Å². The van der Waals surface area contributed by atoms with Crippen LogP contribution in [0.3, 0.4) is 0 Å². The number of non-ortho nitro benzene ring substituents is 1. The Morgan fingerprint density at radius 2 is 1.90 bits per heavy atom. The normalized spacial score (nSPS) is 16.0. The summed E-state index contributed by atoms with van der Waals surface area (Å²) < 4.78 is 26.9. The van der Waals surface area contributed by atoms with E-state index in [1.54, 1.807) is 12.1 Å². The minimum absolute atomic E-state index is 0.0168. The fourth-order valence-electron chi connectivity index (χ4n) is 3.05. The Morgan fingerprint density at radius 3 is 2.55 bits per heavy atom. The molecule has 0 aliphatic carbocycles. The lowest BCUT2D eigenvalue weighted by molar-refractivity contribution is -0.384. The maximum Gasteiger partial charge on any atom is 0.269 e. The highest BCUT2D eigenvalue weighted by Gasteiger charge is 2.36. The Morgan fingerprint density at radius 1 is 1.17 bits per heavy atom. The van der Waals surface area contributed by atoms with Gasteiger partial charge in [-0.3, -0.25) is 19.7 Å². The molecule has 8 nitrogen and oxygen atoms in total. The quantitative estimate of drug-likeness (QED) is 0.419. The standard InChI is InChI=1S/C19H18F2N4O4/c20-13-1-6-17(16(21)10-13)24-11-12(9-18(24)26)19(27)23-8-7-22-14-2-4-15(5-3-14)25(28)29/h1-6,10,12,22H,7-9,11H2,(H,23,27). The number of carbonyl (C=O) groups excluding carboxylic acids is 2. The van der Waals surface area contributed by atoms with E-state index in [2.05, 4.69) is 10.6 Å². The molecule has 1 saturated heterocycles. The van der Waals surface area contributed by atoms with Crippen LogP contribution in [0.15, 0.2) is 42.5 Å². The second-order valence-electron chi connectivity index (χ2n) is 6.52. The number of halogens is 2. The van der Waals surface area contributed by atoms with Gasteiger partial charge in [-0.1, -0.05) is 0 Å². The number of anilines is 2. The van der Waals surface area contributed by atoms with E-state index in [0.29, 0.717) is 18.3 Å². The first-order valence-electron chi connectivity index (χ1n) is 8.86. The molecule has 152 valence electrons. The van der Waals surface area contributed by atoms with Crippen molar-refractivity contribution in [2.75, 3.05) is 29.9 Å². The molecule has 2 aromatic rings. The monoisotopic (exact) mass is 404 g/mol. The summed E-state index contributed by atoms with van der Waals surface area (Å²) in [7, 11) is 0. The molecular weight excluding hydrogens is 386 g/mol. The first kappa shape index (κ1) is 20.2. The Bertz CT molecular complexity index is 936. The fraction of sp³-hybridized carbons (Fsp3) is 0.263. The third-order valence-electron chi connectivity index (χ3n) is 4.53. The summed E-state index contributed by atoms with van der Waals surface area (Å²) in [5, 5.41) is 16.3. The first-order chi connectivity index (χ1) is 13.8. The van der Waals surface area contributed by atoms with Crippen molar-refractivity contribution in [1.82, 2.24) is 5.32 Å². The number of rotatable bonds is 7. The Labute approximate surface area is 164 Å². The van der Waals surface area contributed by atoms with Crippen LogP contribution >= 0.6 is 0 Å². The number of hydrogen-bond acceptors (Lipinski definition) is 5. The molecule has 0 bridgehead atoms. The van der Waals surface area contributed by atoms with Gasteiger partial charge in [0.25, 0.3) is 5.69 Å². The lowest BCUT2D eigenvalue weighted by Crippen LogP contribution is -2.35. The van der Waals surface area contributed by atoms with Crippen LogP contribution in [0.4, 0.5) is 25.8 Å². The lowest BCUT2D eigenvalue weighted by Gasteiger charge is -2.17. The van der Waals surface area contributed by atoms with Crippen molar-refractivity contribution in [3.63, 3.8) is 0 Å². The van der Waals surface area contributed by atoms with Crippen LogP contribution in [0.2, 0.25) is 0 Å². The predicted molar refractivity (Wildman–Crippen MR) is 101 cm³/mol. The predicted octanol–water partition coefficient (Wildman–Crippen LogP) is 2.45. The Balaban J connectivity index is 1.47. The second-order valence-corrected chi connectivity index (χ2v) is 6.52. The maximum atomic E-state index is 13.9. The number of amides is 2. The number of carbonyl (C=O) groups is 2. The highest BCUT2D eigenvalue weighted by atomic mass is 19.1. The molecule has 2 amide bonds. The van der Waals surface area contributed by atoms with Crippen molar-refractivity contribution >= 4 is 28.9 Å². The molecule has 2 aromatic carbocycles. The Hall–Kier alpha value is -3.56. The van der Waals surface area contributed by atoms with Crippen LogP contribution in [-0.4, -0.2) is 36.4 Å². The molecule has 0 aromatic heterocycles. The van der Waals surface area contributed by atoms with Gasteiger partial charge in [0.05, 0.1) is 16.5 Å². The fourth-order valence-corrected chi connectivity index (χ4v) is 3.05. The molecule has 1 aliphatic rings. The number of nitro benzene ring substituents is 1. The van der Waals surface area contributed by atoms with Crippen LogP contribution in [0, 0.1) is 27.7 Å². The van der Waals surface area contributed by atoms with E-state index in [-0.39, 0.29) is 36.8 Å². The van der Waals surface area contributed by atoms with Crippen molar-refractivity contribution < 1.29 is 23.3 Å². The minimum Gasteiger partial charge on any atom is -0.383 e. The number of nitrogens with one attached hydrogen (secondary N) is 2. The van der Waals surface area contributed by atoms with Crippen LogP contribution in [0.1, 0.15) is 6.42 Å². The summed E-state index contributed by atoms with van der Waals surface area (Å²) in [6.45, 7) is 0.662. The smallest absolute Gasteiger partial charge is 0.269 e. The summed E-state index contributed by atoms with van der Waals surface area (Å²) >= 11 is 0. The molecule has 1 aliphatic heterocycles. The first-order valence-corrected chi connectivity index (χ1v) is 8.86. The molecule has 1 heterocycles. The highest BCUT2D eigenvalue weighted by molar-refractivity contribution is 6.00. The highest BCUT2D eigenvalue weighted by Crippen LogP contribution is 2.28. The van der Waals surface area contributed by atoms with Gasteiger partial charge in [-0.05, 0) is 24.3 Å². The molecule has 3 rings (SSSR count). The summed E-state index contributed by atoms with van der Waals surface area (Å²) in [6.07, 6.45) is -0.0571. The molecular formula is C19H18F2N4O4. The van der Waals surface area contributed by atoms with Crippen LogP contribution in [-0.2, 0) is 9.59 Å². The third kappa shape index (κ3) is 4.84. The summed E-state index contributed by atoms with van der Waals surface area (Å²) in [5.74, 6) is -2.97. The second kappa shape index (κ2) is 8.63. The van der Waals surface area contributed by atoms with Crippen LogP contribution in [0.25, 0.3) is 0 Å². The molecule has 1 fully saturated rings. The summed E-state index contributed by atoms with van der Waals surface area (Å²) in [4.78, 5) is 35.7. The van der Waals surface area contributed by atoms with Crippen molar-refractivity contribution in [2.45, 2.75) is 6.42 Å². The summed E-state index contributed by atoms with van der Waals surface area (Å²) in [6, 6.07) is 8.79. The van der Waals surface area contributed by atoms with E-state index >= 15 is 0 Å². The summed E-state index contributed by atoms with van der Waals surface area (Å²) in [5.41, 5.74) is 0.599. The number of benzene rings is 2. The maximum absolute atomic E-state index is 13.9. The Kier molecular flexibility index (Phi) is 6.01. The average molecular weight is 404 g/mol. The van der Waals surface area contributed by atoms with Gasteiger partial charge in [0.15, 0.2) is 0 Å². The van der Waals surface area contributed by atoms with Gasteiger partial charge in [0.2, 0.25) is 11.8 Å². The molecule has 0 radical (unpaired) electrons. The number of nitro groups is 1. The number of hydrogen-bond donors (Lipinski definition) is 2. The molecule has 0 spiro atoms. The molecule has 2 N–H and O–H groups in total. The van der Waals surface area contributed by atoms with Gasteiger partial charge in [-0.25, -0.2) is 8.78 Å². The third-order valence-corrected chi connectivity index (χ3v) is 4.53. The molecule has 0 saturated carbocycles. The van der Waals surface area contributed by atoms with E-state index in [9.17, 15) is 28.5 Å². The zero-order chi connectivity index (χ0) is 21.0. The number of nitrogens with zero attached hydrogens (tertiary/aromatic N) is 2. The van der Waals surface area contributed by atoms with Gasteiger partial charge in [-0.15, -0.1) is 0 Å². The van der Waals surface area contributed by atoms with E-state index in [1.165, 1.54) is 18.2 Å². The van der Waals surface area contributed by atoms with Crippen LogP contribution in [0.5, 0.6) is 0 Å². The lowest BCUT2D eigenvalue weighted by atomic mass is 10.1. The van der Waals surface area contributed by atoms with E-state index in [1.807, 2.05) is 0 Å². The van der Waals surface area contributed by atoms with Crippen molar-refractivity contribution in [2.24, 2.45) is 5.92 Å². The average Bonchev–Trinajstić information content (AvgIpc) is 3.07. The van der Waals surface area contributed by atoms with Crippen LogP contribution < -0.4 is 15.5 Å². The minimum atomic E-state index is -0.855. The molecule has 10 heteroatoms. The van der Waals surface area contributed by atoms with Crippen molar-refractivity contribution in [1.29, 1.82) is 0 Å².